The van der Waals surface area contributed by atoms with Crippen molar-refractivity contribution in [2.75, 3.05) is 36.0 Å². The highest BCUT2D eigenvalue weighted by molar-refractivity contribution is 5.53. The van der Waals surface area contributed by atoms with Crippen LogP contribution in [0, 0.1) is 6.92 Å². The Hall–Kier alpha value is -1.96. The van der Waals surface area contributed by atoms with Crippen LogP contribution in [0.4, 0.5) is 11.4 Å². The maximum Gasteiger partial charge on any atom is 0.0369 e. The summed E-state index contributed by atoms with van der Waals surface area (Å²) >= 11 is 0. The van der Waals surface area contributed by atoms with E-state index in [9.17, 15) is 0 Å². The Morgan fingerprint density at radius 3 is 1.71 bits per heavy atom. The average Bonchev–Trinajstić information content (AvgIpc) is 2.61. The first kappa shape index (κ1) is 18.4. The summed E-state index contributed by atoms with van der Waals surface area (Å²) in [4.78, 5) is 4.79. The molecular weight excluding hydrogens is 292 g/mol. The summed E-state index contributed by atoms with van der Waals surface area (Å²) in [5, 5.41) is 0. The van der Waals surface area contributed by atoms with Gasteiger partial charge in [-0.1, -0.05) is 18.2 Å². The molecule has 0 aromatic heterocycles. The summed E-state index contributed by atoms with van der Waals surface area (Å²) in [6, 6.07) is 15.9. The number of nitrogens with zero attached hydrogens (tertiary/aromatic N) is 2. The Labute approximate surface area is 148 Å². The third kappa shape index (κ3) is 4.31. The average molecular weight is 325 g/mol. The molecule has 130 valence electrons. The van der Waals surface area contributed by atoms with Crippen molar-refractivity contribution in [2.24, 2.45) is 0 Å². The van der Waals surface area contributed by atoms with E-state index in [0.29, 0.717) is 0 Å². The van der Waals surface area contributed by atoms with Crippen LogP contribution in [0.1, 0.15) is 44.4 Å². The number of aryl methyl sites for hydroxylation is 1. The molecule has 2 nitrogen and oxygen atoms in total. The second-order valence-corrected chi connectivity index (χ2v) is 6.30. The van der Waals surface area contributed by atoms with Crippen LogP contribution in [0.3, 0.4) is 0 Å². The minimum atomic E-state index is 0.999. The molecule has 2 aromatic rings. The van der Waals surface area contributed by atoms with Crippen molar-refractivity contribution >= 4 is 11.4 Å². The van der Waals surface area contributed by atoms with Gasteiger partial charge < -0.3 is 9.80 Å². The fraction of sp³-hybridized carbons (Fsp3) is 0.455. The van der Waals surface area contributed by atoms with E-state index >= 15 is 0 Å². The second kappa shape index (κ2) is 8.77. The zero-order valence-corrected chi connectivity index (χ0v) is 16.0. The lowest BCUT2D eigenvalue weighted by atomic mass is 9.99. The third-order valence-electron chi connectivity index (χ3n) is 4.92. The number of hydrogen-bond donors (Lipinski definition) is 0. The van der Waals surface area contributed by atoms with Gasteiger partial charge in [0.25, 0.3) is 0 Å². The smallest absolute Gasteiger partial charge is 0.0369 e. The molecule has 0 aliphatic heterocycles. The van der Waals surface area contributed by atoms with Crippen LogP contribution < -0.4 is 9.80 Å². The van der Waals surface area contributed by atoms with Crippen LogP contribution in [-0.2, 0) is 6.42 Å². The third-order valence-corrected chi connectivity index (χ3v) is 4.92. The number of benzene rings is 2. The highest BCUT2D eigenvalue weighted by Crippen LogP contribution is 2.23. The van der Waals surface area contributed by atoms with Crippen molar-refractivity contribution in [1.29, 1.82) is 0 Å². The highest BCUT2D eigenvalue weighted by atomic mass is 15.1. The van der Waals surface area contributed by atoms with Gasteiger partial charge in [0.2, 0.25) is 0 Å². The molecular formula is C22H32N2. The molecule has 0 saturated heterocycles. The van der Waals surface area contributed by atoms with E-state index in [1.54, 1.807) is 0 Å². The van der Waals surface area contributed by atoms with Crippen molar-refractivity contribution in [3.05, 3.63) is 59.2 Å². The summed E-state index contributed by atoms with van der Waals surface area (Å²) in [5.41, 5.74) is 6.83. The van der Waals surface area contributed by atoms with Crippen LogP contribution in [0.2, 0.25) is 0 Å². The van der Waals surface area contributed by atoms with Gasteiger partial charge in [-0.3, -0.25) is 0 Å². The molecule has 0 bridgehead atoms. The Kier molecular flexibility index (Phi) is 6.72. The predicted molar refractivity (Wildman–Crippen MR) is 108 cm³/mol. The minimum Gasteiger partial charge on any atom is -0.372 e. The van der Waals surface area contributed by atoms with Gasteiger partial charge in [-0.15, -0.1) is 0 Å². The topological polar surface area (TPSA) is 6.48 Å². The Bertz CT molecular complexity index is 623. The molecule has 0 fully saturated rings. The van der Waals surface area contributed by atoms with Gasteiger partial charge in [-0.25, -0.2) is 0 Å². The van der Waals surface area contributed by atoms with E-state index in [1.807, 2.05) is 0 Å². The van der Waals surface area contributed by atoms with E-state index in [4.69, 9.17) is 0 Å². The molecule has 0 unspecified atom stereocenters. The second-order valence-electron chi connectivity index (χ2n) is 6.30. The van der Waals surface area contributed by atoms with Crippen molar-refractivity contribution in [2.45, 2.75) is 41.0 Å². The van der Waals surface area contributed by atoms with Crippen molar-refractivity contribution in [3.8, 4) is 0 Å². The summed E-state index contributed by atoms with van der Waals surface area (Å²) in [7, 11) is 0. The molecule has 0 heterocycles. The van der Waals surface area contributed by atoms with E-state index < -0.39 is 0 Å². The number of hydrogen-bond acceptors (Lipinski definition) is 2. The Morgan fingerprint density at radius 2 is 1.17 bits per heavy atom. The zero-order valence-electron chi connectivity index (χ0n) is 16.0. The summed E-state index contributed by atoms with van der Waals surface area (Å²) in [6.45, 7) is 15.3. The van der Waals surface area contributed by atoms with Crippen LogP contribution in [0.5, 0.6) is 0 Å². The van der Waals surface area contributed by atoms with Gasteiger partial charge in [0.1, 0.15) is 0 Å². The van der Waals surface area contributed by atoms with E-state index in [0.717, 1.165) is 32.6 Å². The molecule has 2 heteroatoms. The fourth-order valence-electron chi connectivity index (χ4n) is 3.27. The molecule has 2 rings (SSSR count). The van der Waals surface area contributed by atoms with E-state index in [-0.39, 0.29) is 0 Å². The molecule has 24 heavy (non-hydrogen) atoms. The van der Waals surface area contributed by atoms with Gasteiger partial charge in [-0.2, -0.15) is 0 Å². The largest absolute Gasteiger partial charge is 0.372 e. The first-order valence-corrected chi connectivity index (χ1v) is 9.31. The van der Waals surface area contributed by atoms with Gasteiger partial charge in [0.15, 0.2) is 0 Å². The van der Waals surface area contributed by atoms with Gasteiger partial charge in [0, 0.05) is 37.6 Å². The van der Waals surface area contributed by atoms with Gasteiger partial charge >= 0.3 is 0 Å². The molecule has 0 spiro atoms. The molecule has 0 radical (unpaired) electrons. The Balaban J connectivity index is 2.19. The van der Waals surface area contributed by atoms with E-state index in [2.05, 4.69) is 86.9 Å². The number of anilines is 2. The molecule has 2 aromatic carbocycles. The first-order chi connectivity index (χ1) is 11.6. The lowest BCUT2D eigenvalue weighted by Crippen LogP contribution is -2.22. The maximum absolute atomic E-state index is 2.41. The molecule has 0 atom stereocenters. The van der Waals surface area contributed by atoms with Crippen molar-refractivity contribution in [1.82, 2.24) is 0 Å². The molecule has 0 saturated carbocycles. The molecule has 0 N–H and O–H groups in total. The van der Waals surface area contributed by atoms with Crippen molar-refractivity contribution < 1.29 is 0 Å². The van der Waals surface area contributed by atoms with Crippen LogP contribution >= 0.6 is 0 Å². The monoisotopic (exact) mass is 324 g/mol. The molecule has 0 aliphatic carbocycles. The van der Waals surface area contributed by atoms with Gasteiger partial charge in [-0.05, 0) is 82.0 Å². The quantitative estimate of drug-likeness (QED) is 0.652. The predicted octanol–water partition coefficient (Wildman–Crippen LogP) is 5.28. The first-order valence-electron chi connectivity index (χ1n) is 9.31. The summed E-state index contributed by atoms with van der Waals surface area (Å²) in [5.74, 6) is 0. The standard InChI is InChI=1S/C22H32N2/c1-6-23(7-2)21-14-11-19(12-15-21)16-20-17-22(13-10-18(20)5)24(8-3)9-4/h10-15,17H,6-9,16H2,1-5H3. The van der Waals surface area contributed by atoms with E-state index in [1.165, 1.54) is 28.1 Å². The summed E-state index contributed by atoms with van der Waals surface area (Å²) in [6.07, 6.45) is 0.999. The molecule has 0 aliphatic rings. The maximum atomic E-state index is 2.41. The number of rotatable bonds is 8. The van der Waals surface area contributed by atoms with Gasteiger partial charge in [0.05, 0.1) is 0 Å². The summed E-state index contributed by atoms with van der Waals surface area (Å²) < 4.78 is 0. The SMILES string of the molecule is CCN(CC)c1ccc(Cc2cc(N(CC)CC)ccc2C)cc1. The van der Waals surface area contributed by atoms with Crippen LogP contribution in [0.15, 0.2) is 42.5 Å². The normalized spacial score (nSPS) is 10.7. The van der Waals surface area contributed by atoms with Crippen LogP contribution in [-0.4, -0.2) is 26.2 Å². The minimum absolute atomic E-state index is 0.999. The highest BCUT2D eigenvalue weighted by Gasteiger charge is 2.07. The lowest BCUT2D eigenvalue weighted by molar-refractivity contribution is 0.863. The zero-order chi connectivity index (χ0) is 17.5. The fourth-order valence-corrected chi connectivity index (χ4v) is 3.27. The molecule has 0 amide bonds. The lowest BCUT2D eigenvalue weighted by Gasteiger charge is -2.23. The van der Waals surface area contributed by atoms with Crippen LogP contribution in [0.25, 0.3) is 0 Å². The van der Waals surface area contributed by atoms with Crippen molar-refractivity contribution in [3.63, 3.8) is 0 Å². The Morgan fingerprint density at radius 1 is 0.667 bits per heavy atom.